The molecule has 142 valence electrons. The van der Waals surface area contributed by atoms with Gasteiger partial charge in [0.05, 0.1) is 35.8 Å². The molecule has 0 spiro atoms. The molecule has 0 radical (unpaired) electrons. The highest BCUT2D eigenvalue weighted by atomic mass is 19.4. The lowest BCUT2D eigenvalue weighted by atomic mass is 10.2. The molecule has 3 N–H and O–H groups in total. The van der Waals surface area contributed by atoms with E-state index in [1.54, 1.807) is 18.2 Å². The Morgan fingerprint density at radius 3 is 2.64 bits per heavy atom. The van der Waals surface area contributed by atoms with Crippen LogP contribution in [0.1, 0.15) is 27.2 Å². The number of rotatable bonds is 4. The number of aromatic nitrogens is 4. The van der Waals surface area contributed by atoms with E-state index in [9.17, 15) is 18.0 Å². The molecule has 1 amide bonds. The molecule has 0 aliphatic rings. The number of nitrogen functional groups attached to an aromatic ring is 1. The third kappa shape index (κ3) is 3.90. The molecule has 3 aromatic rings. The van der Waals surface area contributed by atoms with Crippen LogP contribution in [0.25, 0.3) is 0 Å². The normalized spacial score (nSPS) is 11.1. The van der Waals surface area contributed by atoms with Crippen molar-refractivity contribution < 1.29 is 18.0 Å². The second kappa shape index (κ2) is 7.36. The van der Waals surface area contributed by atoms with Crippen molar-refractivity contribution in [3.8, 4) is 6.07 Å². The Hall–Kier alpha value is -3.94. The maximum absolute atomic E-state index is 13.6. The molecule has 0 fully saturated rings. The van der Waals surface area contributed by atoms with Crippen LogP contribution in [0.5, 0.6) is 0 Å². The lowest BCUT2D eigenvalue weighted by molar-refractivity contribution is -0.144. The van der Waals surface area contributed by atoms with E-state index in [2.05, 4.69) is 20.4 Å². The van der Waals surface area contributed by atoms with Gasteiger partial charge < -0.3 is 11.1 Å². The molecule has 0 bridgehead atoms. The molecule has 11 heteroatoms. The third-order valence-corrected chi connectivity index (χ3v) is 3.73. The van der Waals surface area contributed by atoms with Gasteiger partial charge in [0.1, 0.15) is 11.9 Å². The van der Waals surface area contributed by atoms with Crippen molar-refractivity contribution in [2.24, 2.45) is 0 Å². The van der Waals surface area contributed by atoms with E-state index in [1.807, 2.05) is 0 Å². The second-order valence-corrected chi connectivity index (χ2v) is 5.64. The van der Waals surface area contributed by atoms with Gasteiger partial charge >= 0.3 is 6.18 Å². The summed E-state index contributed by atoms with van der Waals surface area (Å²) in [6.45, 7) is -0.188. The first-order chi connectivity index (χ1) is 13.3. The standard InChI is InChI=1S/C17H12F3N7O/c18-17(19,20)14-13(8-25-27(14)9-10-1-3-23-4-2-10)16(28)26-12-5-11(6-21)15(22)24-7-12/h1-5,7-8H,9H2,(H2,22,24)(H,26,28). The summed E-state index contributed by atoms with van der Waals surface area (Å²) in [6.07, 6.45) is 0.0621. The highest BCUT2D eigenvalue weighted by molar-refractivity contribution is 6.05. The number of anilines is 2. The Kier molecular flexibility index (Phi) is 4.95. The van der Waals surface area contributed by atoms with Gasteiger partial charge in [-0.3, -0.25) is 14.5 Å². The number of halogens is 3. The third-order valence-electron chi connectivity index (χ3n) is 3.73. The van der Waals surface area contributed by atoms with Crippen molar-refractivity contribution in [3.63, 3.8) is 0 Å². The Morgan fingerprint density at radius 2 is 2.00 bits per heavy atom. The van der Waals surface area contributed by atoms with Crippen LogP contribution < -0.4 is 11.1 Å². The van der Waals surface area contributed by atoms with Crippen molar-refractivity contribution in [1.29, 1.82) is 5.26 Å². The van der Waals surface area contributed by atoms with Gasteiger partial charge in [-0.25, -0.2) is 4.98 Å². The van der Waals surface area contributed by atoms with Crippen molar-refractivity contribution in [2.45, 2.75) is 12.7 Å². The van der Waals surface area contributed by atoms with E-state index in [0.29, 0.717) is 10.2 Å². The van der Waals surface area contributed by atoms with E-state index < -0.39 is 23.3 Å². The van der Waals surface area contributed by atoms with Crippen LogP contribution in [-0.2, 0) is 12.7 Å². The van der Waals surface area contributed by atoms with Crippen LogP contribution in [0.15, 0.2) is 43.0 Å². The zero-order valence-corrected chi connectivity index (χ0v) is 14.1. The summed E-state index contributed by atoms with van der Waals surface area (Å²) in [5.41, 5.74) is 4.20. The van der Waals surface area contributed by atoms with E-state index >= 15 is 0 Å². The van der Waals surface area contributed by atoms with Gasteiger partial charge in [0.2, 0.25) is 0 Å². The van der Waals surface area contributed by atoms with Gasteiger partial charge in [-0.2, -0.15) is 23.5 Å². The maximum atomic E-state index is 13.6. The molecule has 3 heterocycles. The van der Waals surface area contributed by atoms with Crippen LogP contribution in [-0.4, -0.2) is 25.7 Å². The Morgan fingerprint density at radius 1 is 1.29 bits per heavy atom. The highest BCUT2D eigenvalue weighted by Gasteiger charge is 2.40. The summed E-state index contributed by atoms with van der Waals surface area (Å²) >= 11 is 0. The number of nitrogens with one attached hydrogen (secondary N) is 1. The zero-order valence-electron chi connectivity index (χ0n) is 14.1. The van der Waals surface area contributed by atoms with Crippen molar-refractivity contribution in [2.75, 3.05) is 11.1 Å². The number of nitrogens with two attached hydrogens (primary N) is 1. The smallest absolute Gasteiger partial charge is 0.383 e. The predicted octanol–water partition coefficient (Wildman–Crippen LogP) is 2.45. The summed E-state index contributed by atoms with van der Waals surface area (Å²) in [5.74, 6) is -1.09. The number of amides is 1. The fourth-order valence-corrected chi connectivity index (χ4v) is 2.46. The quantitative estimate of drug-likeness (QED) is 0.709. The van der Waals surface area contributed by atoms with Gasteiger partial charge in [-0.1, -0.05) is 0 Å². The Labute approximate surface area is 156 Å². The number of nitriles is 1. The summed E-state index contributed by atoms with van der Waals surface area (Å²) < 4.78 is 41.5. The average molecular weight is 387 g/mol. The van der Waals surface area contributed by atoms with Crippen LogP contribution in [0, 0.1) is 11.3 Å². The van der Waals surface area contributed by atoms with Crippen molar-refractivity contribution in [1.82, 2.24) is 19.7 Å². The van der Waals surface area contributed by atoms with Crippen LogP contribution in [0.2, 0.25) is 0 Å². The zero-order chi connectivity index (χ0) is 20.3. The molecule has 3 rings (SSSR count). The van der Waals surface area contributed by atoms with E-state index in [-0.39, 0.29) is 23.6 Å². The van der Waals surface area contributed by atoms with Gasteiger partial charge in [-0.05, 0) is 23.8 Å². The topological polar surface area (TPSA) is 123 Å². The molecule has 0 unspecified atom stereocenters. The molecule has 3 aromatic heterocycles. The predicted molar refractivity (Wildman–Crippen MR) is 91.9 cm³/mol. The van der Waals surface area contributed by atoms with Crippen molar-refractivity contribution in [3.05, 3.63) is 65.4 Å². The van der Waals surface area contributed by atoms with Gasteiger partial charge in [0.15, 0.2) is 5.69 Å². The second-order valence-electron chi connectivity index (χ2n) is 5.64. The first kappa shape index (κ1) is 18.8. The first-order valence-corrected chi connectivity index (χ1v) is 7.78. The molecule has 8 nitrogen and oxygen atoms in total. The number of carbonyl (C=O) groups is 1. The Balaban J connectivity index is 1.93. The number of carbonyl (C=O) groups excluding carboxylic acids is 1. The monoisotopic (exact) mass is 387 g/mol. The van der Waals surface area contributed by atoms with Crippen LogP contribution >= 0.6 is 0 Å². The number of hydrogen-bond acceptors (Lipinski definition) is 6. The first-order valence-electron chi connectivity index (χ1n) is 7.78. The molecular weight excluding hydrogens is 375 g/mol. The van der Waals surface area contributed by atoms with Gasteiger partial charge in [0, 0.05) is 12.4 Å². The summed E-state index contributed by atoms with van der Waals surface area (Å²) in [4.78, 5) is 19.9. The minimum atomic E-state index is -4.81. The molecule has 0 atom stereocenters. The summed E-state index contributed by atoms with van der Waals surface area (Å²) in [5, 5.41) is 14.9. The molecule has 0 aliphatic carbocycles. The summed E-state index contributed by atoms with van der Waals surface area (Å²) in [6, 6.07) is 6.09. The Bertz CT molecular complexity index is 1050. The number of alkyl halides is 3. The molecular formula is C17H12F3N7O. The van der Waals surface area contributed by atoms with E-state index in [1.165, 1.54) is 18.5 Å². The molecule has 28 heavy (non-hydrogen) atoms. The number of nitrogens with zero attached hydrogens (tertiary/aromatic N) is 5. The fraction of sp³-hybridized carbons (Fsp3) is 0.118. The largest absolute Gasteiger partial charge is 0.433 e. The van der Waals surface area contributed by atoms with E-state index in [4.69, 9.17) is 11.0 Å². The van der Waals surface area contributed by atoms with E-state index in [0.717, 1.165) is 12.4 Å². The lowest BCUT2D eigenvalue weighted by Crippen LogP contribution is -2.21. The van der Waals surface area contributed by atoms with Crippen LogP contribution in [0.3, 0.4) is 0 Å². The minimum Gasteiger partial charge on any atom is -0.383 e. The molecule has 0 aromatic carbocycles. The van der Waals surface area contributed by atoms with Crippen LogP contribution in [0.4, 0.5) is 24.7 Å². The molecule has 0 saturated carbocycles. The molecule has 0 aliphatic heterocycles. The number of hydrogen-bond donors (Lipinski definition) is 2. The maximum Gasteiger partial charge on any atom is 0.433 e. The average Bonchev–Trinajstić information content (AvgIpc) is 3.08. The SMILES string of the molecule is N#Cc1cc(NC(=O)c2cnn(Cc3ccncc3)c2C(F)(F)F)cnc1N. The number of pyridine rings is 2. The van der Waals surface area contributed by atoms with Gasteiger partial charge in [0.25, 0.3) is 5.91 Å². The van der Waals surface area contributed by atoms with Crippen molar-refractivity contribution >= 4 is 17.4 Å². The fourth-order valence-electron chi connectivity index (χ4n) is 2.46. The molecule has 0 saturated heterocycles. The highest BCUT2D eigenvalue weighted by Crippen LogP contribution is 2.33. The lowest BCUT2D eigenvalue weighted by Gasteiger charge is -2.13. The van der Waals surface area contributed by atoms with Gasteiger partial charge in [-0.15, -0.1) is 0 Å². The summed E-state index contributed by atoms with van der Waals surface area (Å²) in [7, 11) is 0. The minimum absolute atomic E-state index is 0.0118.